The summed E-state index contributed by atoms with van der Waals surface area (Å²) in [5.74, 6) is -0.295. The van der Waals surface area contributed by atoms with Crippen LogP contribution in [0, 0.1) is 0 Å². The van der Waals surface area contributed by atoms with Crippen LogP contribution in [-0.4, -0.2) is 25.8 Å². The molecule has 5 heteroatoms. The van der Waals surface area contributed by atoms with Gasteiger partial charge in [-0.15, -0.1) is 0 Å². The highest BCUT2D eigenvalue weighted by Gasteiger charge is 2.43. The Morgan fingerprint density at radius 3 is 2.48 bits per heavy atom. The van der Waals surface area contributed by atoms with Gasteiger partial charge < -0.3 is 14.9 Å². The Labute approximate surface area is 134 Å². The summed E-state index contributed by atoms with van der Waals surface area (Å²) in [5, 5.41) is 6.47. The Morgan fingerprint density at radius 1 is 1.09 bits per heavy atom. The summed E-state index contributed by atoms with van der Waals surface area (Å²) in [5.41, 5.74) is 3.02. The molecule has 0 saturated carbocycles. The number of hydrogen-bond acceptors (Lipinski definition) is 4. The average Bonchev–Trinajstić information content (AvgIpc) is 3.40. The van der Waals surface area contributed by atoms with Gasteiger partial charge in [0.05, 0.1) is 0 Å². The molecule has 118 valence electrons. The van der Waals surface area contributed by atoms with E-state index in [1.165, 1.54) is 7.11 Å². The third-order valence-electron chi connectivity index (χ3n) is 3.77. The summed E-state index contributed by atoms with van der Waals surface area (Å²) in [7, 11) is 2.99. The lowest BCUT2D eigenvalue weighted by Gasteiger charge is -2.09. The summed E-state index contributed by atoms with van der Waals surface area (Å²) in [6.07, 6.45) is -0.0776. The van der Waals surface area contributed by atoms with Gasteiger partial charge in [0.2, 0.25) is 0 Å². The van der Waals surface area contributed by atoms with Crippen molar-refractivity contribution in [3.63, 3.8) is 0 Å². The first-order valence-electron chi connectivity index (χ1n) is 7.39. The van der Waals surface area contributed by atoms with Gasteiger partial charge in [0, 0.05) is 12.6 Å². The van der Waals surface area contributed by atoms with Crippen LogP contribution < -0.4 is 5.32 Å². The molecule has 1 N–H and O–H groups in total. The van der Waals surface area contributed by atoms with Crippen molar-refractivity contribution in [2.75, 3.05) is 14.2 Å². The first-order chi connectivity index (χ1) is 11.3. The van der Waals surface area contributed by atoms with E-state index in [9.17, 15) is 4.79 Å². The predicted octanol–water partition coefficient (Wildman–Crippen LogP) is 2.60. The molecule has 2 atom stereocenters. The fraction of sp³-hybridized carbons (Fsp3) is 0.222. The molecular weight excluding hydrogens is 292 g/mol. The van der Waals surface area contributed by atoms with Gasteiger partial charge in [0.15, 0.2) is 5.71 Å². The van der Waals surface area contributed by atoms with Gasteiger partial charge in [-0.1, -0.05) is 59.8 Å². The maximum Gasteiger partial charge on any atom is 0.273 e. The van der Waals surface area contributed by atoms with Crippen molar-refractivity contribution in [2.24, 2.45) is 5.16 Å². The molecule has 1 fully saturated rings. The third-order valence-corrected chi connectivity index (χ3v) is 3.77. The Kier molecular flexibility index (Phi) is 4.39. The maximum absolute atomic E-state index is 12.1. The van der Waals surface area contributed by atoms with Gasteiger partial charge in [-0.2, -0.15) is 0 Å². The topological polar surface area (TPSA) is 63.2 Å². The molecule has 0 aliphatic carbocycles. The van der Waals surface area contributed by atoms with Crippen LogP contribution in [0.2, 0.25) is 0 Å². The van der Waals surface area contributed by atoms with Crippen LogP contribution in [0.15, 0.2) is 59.8 Å². The first kappa shape index (κ1) is 15.2. The van der Waals surface area contributed by atoms with E-state index >= 15 is 0 Å². The smallest absolute Gasteiger partial charge is 0.273 e. The van der Waals surface area contributed by atoms with Gasteiger partial charge in [0.1, 0.15) is 19.3 Å². The molecule has 1 saturated heterocycles. The number of rotatable bonds is 5. The summed E-state index contributed by atoms with van der Waals surface area (Å²) >= 11 is 0. The highest BCUT2D eigenvalue weighted by molar-refractivity contribution is 6.45. The van der Waals surface area contributed by atoms with Crippen LogP contribution in [0.4, 0.5) is 0 Å². The van der Waals surface area contributed by atoms with E-state index in [0.717, 1.165) is 16.7 Å². The number of nitrogens with zero attached hydrogens (tertiary/aromatic N) is 1. The van der Waals surface area contributed by atoms with Gasteiger partial charge in [-0.3, -0.25) is 4.79 Å². The average molecular weight is 310 g/mol. The number of ether oxygens (including phenoxy) is 1. The number of hydrogen-bond donors (Lipinski definition) is 1. The second-order valence-electron chi connectivity index (χ2n) is 5.18. The lowest BCUT2D eigenvalue weighted by molar-refractivity contribution is -0.114. The van der Waals surface area contributed by atoms with Crippen molar-refractivity contribution in [2.45, 2.75) is 12.2 Å². The molecule has 23 heavy (non-hydrogen) atoms. The Bertz CT molecular complexity index is 728. The number of carbonyl (C=O) groups excluding carboxylic acids is 1. The van der Waals surface area contributed by atoms with Crippen LogP contribution in [0.5, 0.6) is 0 Å². The molecule has 1 amide bonds. The molecule has 5 nitrogen and oxygen atoms in total. The highest BCUT2D eigenvalue weighted by Crippen LogP contribution is 2.51. The minimum absolute atomic E-state index is 0.00540. The molecule has 0 aromatic heterocycles. The van der Waals surface area contributed by atoms with E-state index in [4.69, 9.17) is 9.57 Å². The van der Waals surface area contributed by atoms with E-state index in [-0.39, 0.29) is 23.8 Å². The molecule has 0 spiro atoms. The van der Waals surface area contributed by atoms with Gasteiger partial charge in [0.25, 0.3) is 5.91 Å². The SMILES string of the molecule is CNC(=O)/C(=N/OC)c1ccccc1[C@H]1O[C@@H]1c1ccccc1. The standard InChI is InChI=1S/C18H18N2O3/c1-19-18(21)15(20-22-2)13-10-6-7-11-14(13)17-16(23-17)12-8-4-3-5-9-12/h3-11,16-17H,1-2H3,(H,19,21)/b20-15+/t16-,17-/m1/s1. The Morgan fingerprint density at radius 2 is 1.78 bits per heavy atom. The van der Waals surface area contributed by atoms with Crippen LogP contribution in [-0.2, 0) is 14.4 Å². The number of nitrogens with one attached hydrogen (secondary N) is 1. The van der Waals surface area contributed by atoms with E-state index in [2.05, 4.69) is 10.5 Å². The van der Waals surface area contributed by atoms with Gasteiger partial charge in [-0.05, 0) is 11.1 Å². The van der Waals surface area contributed by atoms with Crippen LogP contribution in [0.1, 0.15) is 28.9 Å². The van der Waals surface area contributed by atoms with Crippen LogP contribution in [0.3, 0.4) is 0 Å². The molecular formula is C18H18N2O3. The van der Waals surface area contributed by atoms with Crippen molar-refractivity contribution in [3.05, 3.63) is 71.3 Å². The number of likely N-dealkylation sites (N-methyl/N-ethyl adjacent to an activating group) is 1. The van der Waals surface area contributed by atoms with Crippen molar-refractivity contribution in [3.8, 4) is 0 Å². The van der Waals surface area contributed by atoms with Crippen molar-refractivity contribution >= 4 is 11.6 Å². The zero-order chi connectivity index (χ0) is 16.2. The quantitative estimate of drug-likeness (QED) is 0.524. The second kappa shape index (κ2) is 6.62. The minimum atomic E-state index is -0.295. The predicted molar refractivity (Wildman–Crippen MR) is 87.1 cm³/mol. The lowest BCUT2D eigenvalue weighted by atomic mass is 9.96. The second-order valence-corrected chi connectivity index (χ2v) is 5.18. The normalized spacial score (nSPS) is 20.0. The van der Waals surface area contributed by atoms with E-state index in [1.54, 1.807) is 7.05 Å². The molecule has 2 aromatic carbocycles. The van der Waals surface area contributed by atoms with Crippen LogP contribution >= 0.6 is 0 Å². The largest absolute Gasteiger partial charge is 0.398 e. The van der Waals surface area contributed by atoms with E-state index in [1.807, 2.05) is 54.6 Å². The number of oxime groups is 1. The maximum atomic E-state index is 12.1. The lowest BCUT2D eigenvalue weighted by Crippen LogP contribution is -2.29. The van der Waals surface area contributed by atoms with E-state index < -0.39 is 0 Å². The van der Waals surface area contributed by atoms with Crippen LogP contribution in [0.25, 0.3) is 0 Å². The molecule has 0 unspecified atom stereocenters. The summed E-state index contributed by atoms with van der Waals surface area (Å²) < 4.78 is 5.84. The molecule has 1 aliphatic heterocycles. The van der Waals surface area contributed by atoms with Gasteiger partial charge in [-0.25, -0.2) is 0 Å². The summed E-state index contributed by atoms with van der Waals surface area (Å²) in [6.45, 7) is 0. The molecule has 1 heterocycles. The number of amides is 1. The number of epoxide rings is 1. The monoisotopic (exact) mass is 310 g/mol. The van der Waals surface area contributed by atoms with Gasteiger partial charge >= 0.3 is 0 Å². The molecule has 3 rings (SSSR count). The zero-order valence-corrected chi connectivity index (χ0v) is 13.0. The third kappa shape index (κ3) is 3.10. The fourth-order valence-electron chi connectivity index (χ4n) is 2.63. The zero-order valence-electron chi connectivity index (χ0n) is 13.0. The molecule has 1 aliphatic rings. The minimum Gasteiger partial charge on any atom is -0.398 e. The number of benzene rings is 2. The molecule has 0 bridgehead atoms. The molecule has 2 aromatic rings. The van der Waals surface area contributed by atoms with Crippen molar-refractivity contribution in [1.29, 1.82) is 0 Å². The van der Waals surface area contributed by atoms with Crippen molar-refractivity contribution in [1.82, 2.24) is 5.32 Å². The summed E-state index contributed by atoms with van der Waals surface area (Å²) in [6, 6.07) is 17.6. The fourth-order valence-corrected chi connectivity index (χ4v) is 2.63. The van der Waals surface area contributed by atoms with E-state index in [0.29, 0.717) is 0 Å². The Balaban J connectivity index is 1.93. The number of carbonyl (C=O) groups is 1. The highest BCUT2D eigenvalue weighted by atomic mass is 16.6. The Hall–Kier alpha value is -2.66. The van der Waals surface area contributed by atoms with Crippen molar-refractivity contribution < 1.29 is 14.4 Å². The summed E-state index contributed by atoms with van der Waals surface area (Å²) in [4.78, 5) is 16.9. The first-order valence-corrected chi connectivity index (χ1v) is 7.39. The molecule has 0 radical (unpaired) electrons.